The molecule has 1 heterocycles. The fraction of sp³-hybridized carbons (Fsp3) is 0.562. The van der Waals surface area contributed by atoms with Gasteiger partial charge in [-0.1, -0.05) is 12.1 Å². The Labute approximate surface area is 126 Å². The number of nitrogens with zero attached hydrogens (tertiary/aromatic N) is 1. The number of hydrogen-bond acceptors (Lipinski definition) is 4. The Kier molecular flexibility index (Phi) is 4.73. The van der Waals surface area contributed by atoms with Crippen molar-refractivity contribution in [2.45, 2.75) is 38.8 Å². The zero-order valence-electron chi connectivity index (χ0n) is 13.1. The second kappa shape index (κ2) is 6.35. The summed E-state index contributed by atoms with van der Waals surface area (Å²) in [4.78, 5) is 14.2. The number of nitrogens with one attached hydrogen (secondary N) is 1. The first-order valence-corrected chi connectivity index (χ1v) is 7.40. The highest BCUT2D eigenvalue weighted by Gasteiger charge is 2.30. The first-order chi connectivity index (χ1) is 9.85. The maximum absolute atomic E-state index is 12.3. The second-order valence-corrected chi connectivity index (χ2v) is 6.48. The van der Waals surface area contributed by atoms with E-state index in [4.69, 9.17) is 10.5 Å². The summed E-state index contributed by atoms with van der Waals surface area (Å²) in [6.45, 7) is 7.93. The van der Waals surface area contributed by atoms with Crippen molar-refractivity contribution in [2.75, 3.05) is 25.4 Å². The smallest absolute Gasteiger partial charge is 0.410 e. The van der Waals surface area contributed by atoms with E-state index < -0.39 is 5.60 Å². The van der Waals surface area contributed by atoms with Gasteiger partial charge in [-0.25, -0.2) is 4.79 Å². The molecule has 0 aliphatic carbocycles. The van der Waals surface area contributed by atoms with Gasteiger partial charge >= 0.3 is 6.09 Å². The van der Waals surface area contributed by atoms with E-state index in [0.717, 1.165) is 25.2 Å². The molecule has 21 heavy (non-hydrogen) atoms. The van der Waals surface area contributed by atoms with Crippen LogP contribution in [0.25, 0.3) is 0 Å². The minimum atomic E-state index is -0.465. The molecule has 1 aliphatic heterocycles. The fourth-order valence-corrected chi connectivity index (χ4v) is 2.43. The van der Waals surface area contributed by atoms with Crippen LogP contribution >= 0.6 is 0 Å². The Balaban J connectivity index is 2.04. The van der Waals surface area contributed by atoms with E-state index in [1.165, 1.54) is 5.56 Å². The van der Waals surface area contributed by atoms with E-state index in [1.54, 1.807) is 0 Å². The molecule has 0 saturated carbocycles. The first kappa shape index (κ1) is 15.6. The van der Waals surface area contributed by atoms with Gasteiger partial charge in [0.15, 0.2) is 0 Å². The number of rotatable bonds is 2. The third kappa shape index (κ3) is 4.63. The van der Waals surface area contributed by atoms with Crippen LogP contribution in [0.4, 0.5) is 10.5 Å². The number of benzene rings is 1. The molecule has 0 aromatic heterocycles. The highest BCUT2D eigenvalue weighted by atomic mass is 16.6. The molecule has 0 bridgehead atoms. The first-order valence-electron chi connectivity index (χ1n) is 7.40. The van der Waals surface area contributed by atoms with Crippen molar-refractivity contribution >= 4 is 11.8 Å². The zero-order chi connectivity index (χ0) is 15.5. The van der Waals surface area contributed by atoms with Gasteiger partial charge in [-0.2, -0.15) is 0 Å². The van der Waals surface area contributed by atoms with E-state index in [0.29, 0.717) is 6.54 Å². The molecule has 1 saturated heterocycles. The van der Waals surface area contributed by atoms with Crippen molar-refractivity contribution < 1.29 is 9.53 Å². The third-order valence-electron chi connectivity index (χ3n) is 3.43. The quantitative estimate of drug-likeness (QED) is 0.818. The Morgan fingerprint density at radius 1 is 1.38 bits per heavy atom. The van der Waals surface area contributed by atoms with Gasteiger partial charge in [0.1, 0.15) is 5.60 Å². The lowest BCUT2D eigenvalue weighted by Crippen LogP contribution is -2.55. The van der Waals surface area contributed by atoms with E-state index >= 15 is 0 Å². The number of carbonyl (C=O) groups excluding carboxylic acids is 1. The number of nitrogens with two attached hydrogens (primary N) is 1. The molecule has 1 aromatic rings. The van der Waals surface area contributed by atoms with Gasteiger partial charge in [0, 0.05) is 25.3 Å². The lowest BCUT2D eigenvalue weighted by Gasteiger charge is -2.37. The Bertz CT molecular complexity index is 479. The summed E-state index contributed by atoms with van der Waals surface area (Å²) in [5.41, 5.74) is 7.17. The lowest BCUT2D eigenvalue weighted by atomic mass is 10.0. The van der Waals surface area contributed by atoms with Crippen LogP contribution < -0.4 is 11.1 Å². The standard InChI is InChI=1S/C16H25N3O2/c1-16(2,3)21-15(20)19-9-8-18-11-14(19)10-12-4-6-13(17)7-5-12/h4-7,14,18H,8-11,17H2,1-3H3. The lowest BCUT2D eigenvalue weighted by molar-refractivity contribution is 0.0122. The van der Waals surface area contributed by atoms with Gasteiger partial charge in [0.05, 0.1) is 6.04 Å². The highest BCUT2D eigenvalue weighted by Crippen LogP contribution is 2.17. The van der Waals surface area contributed by atoms with Gasteiger partial charge < -0.3 is 20.7 Å². The van der Waals surface area contributed by atoms with Crippen molar-refractivity contribution in [1.82, 2.24) is 10.2 Å². The largest absolute Gasteiger partial charge is 0.444 e. The van der Waals surface area contributed by atoms with Gasteiger partial charge in [-0.15, -0.1) is 0 Å². The van der Waals surface area contributed by atoms with Crippen molar-refractivity contribution in [1.29, 1.82) is 0 Å². The molecule has 0 spiro atoms. The Morgan fingerprint density at radius 3 is 2.67 bits per heavy atom. The SMILES string of the molecule is CC(C)(C)OC(=O)N1CCNCC1Cc1ccc(N)cc1. The average Bonchev–Trinajstić information content (AvgIpc) is 2.40. The summed E-state index contributed by atoms with van der Waals surface area (Å²) in [5, 5.41) is 3.34. The molecule has 5 heteroatoms. The molecule has 1 aromatic carbocycles. The van der Waals surface area contributed by atoms with Gasteiger partial charge in [0.25, 0.3) is 0 Å². The van der Waals surface area contributed by atoms with Crippen LogP contribution in [0.15, 0.2) is 24.3 Å². The molecule has 3 N–H and O–H groups in total. The number of amides is 1. The molecule has 1 aliphatic rings. The van der Waals surface area contributed by atoms with Gasteiger partial charge in [-0.05, 0) is 44.9 Å². The molecular weight excluding hydrogens is 266 g/mol. The fourth-order valence-electron chi connectivity index (χ4n) is 2.43. The number of ether oxygens (including phenoxy) is 1. The topological polar surface area (TPSA) is 67.6 Å². The number of anilines is 1. The molecular formula is C16H25N3O2. The molecule has 1 fully saturated rings. The second-order valence-electron chi connectivity index (χ2n) is 6.48. The van der Waals surface area contributed by atoms with E-state index in [9.17, 15) is 4.79 Å². The molecule has 116 valence electrons. The summed E-state index contributed by atoms with van der Waals surface area (Å²) in [7, 11) is 0. The Morgan fingerprint density at radius 2 is 2.05 bits per heavy atom. The summed E-state index contributed by atoms with van der Waals surface area (Å²) < 4.78 is 5.50. The van der Waals surface area contributed by atoms with Crippen molar-refractivity contribution in [2.24, 2.45) is 0 Å². The normalized spacial score (nSPS) is 19.4. The zero-order valence-corrected chi connectivity index (χ0v) is 13.1. The highest BCUT2D eigenvalue weighted by molar-refractivity contribution is 5.68. The van der Waals surface area contributed by atoms with Gasteiger partial charge in [0.2, 0.25) is 0 Å². The van der Waals surface area contributed by atoms with E-state index in [-0.39, 0.29) is 12.1 Å². The maximum atomic E-state index is 12.3. The van der Waals surface area contributed by atoms with Crippen LogP contribution in [0.1, 0.15) is 26.3 Å². The number of hydrogen-bond donors (Lipinski definition) is 2. The molecule has 1 amide bonds. The monoisotopic (exact) mass is 291 g/mol. The predicted octanol–water partition coefficient (Wildman–Crippen LogP) is 2.02. The average molecular weight is 291 g/mol. The van der Waals surface area contributed by atoms with Crippen molar-refractivity contribution in [3.05, 3.63) is 29.8 Å². The van der Waals surface area contributed by atoms with Gasteiger partial charge in [-0.3, -0.25) is 0 Å². The van der Waals surface area contributed by atoms with Crippen LogP contribution in [0.5, 0.6) is 0 Å². The minimum Gasteiger partial charge on any atom is -0.444 e. The summed E-state index contributed by atoms with van der Waals surface area (Å²) >= 11 is 0. The molecule has 1 atom stereocenters. The molecule has 0 radical (unpaired) electrons. The predicted molar refractivity (Wildman–Crippen MR) is 84.2 cm³/mol. The van der Waals surface area contributed by atoms with Crippen molar-refractivity contribution in [3.8, 4) is 0 Å². The van der Waals surface area contributed by atoms with E-state index in [2.05, 4.69) is 5.32 Å². The van der Waals surface area contributed by atoms with Crippen LogP contribution in [0.3, 0.4) is 0 Å². The number of carbonyl (C=O) groups is 1. The maximum Gasteiger partial charge on any atom is 0.410 e. The number of piperazine rings is 1. The van der Waals surface area contributed by atoms with Crippen LogP contribution in [0, 0.1) is 0 Å². The van der Waals surface area contributed by atoms with Crippen molar-refractivity contribution in [3.63, 3.8) is 0 Å². The molecule has 2 rings (SSSR count). The minimum absolute atomic E-state index is 0.109. The number of nitrogen functional groups attached to an aromatic ring is 1. The van der Waals surface area contributed by atoms with Crippen LogP contribution in [-0.2, 0) is 11.2 Å². The summed E-state index contributed by atoms with van der Waals surface area (Å²) in [6.07, 6.45) is 0.566. The summed E-state index contributed by atoms with van der Waals surface area (Å²) in [6, 6.07) is 7.92. The third-order valence-corrected chi connectivity index (χ3v) is 3.43. The van der Waals surface area contributed by atoms with E-state index in [1.807, 2.05) is 49.9 Å². The van der Waals surface area contributed by atoms with Crippen LogP contribution in [-0.4, -0.2) is 42.3 Å². The molecule has 5 nitrogen and oxygen atoms in total. The summed E-state index contributed by atoms with van der Waals surface area (Å²) in [5.74, 6) is 0. The molecule has 1 unspecified atom stereocenters. The van der Waals surface area contributed by atoms with Crippen LogP contribution in [0.2, 0.25) is 0 Å². The Hall–Kier alpha value is -1.75.